The highest BCUT2D eigenvalue weighted by Gasteiger charge is 2.32. The largest absolute Gasteiger partial charge is 0.433 e. The van der Waals surface area contributed by atoms with Gasteiger partial charge in [-0.15, -0.1) is 0 Å². The molecule has 2 amide bonds. The molecule has 4 rings (SSSR count). The third-order valence-corrected chi connectivity index (χ3v) is 4.50. The van der Waals surface area contributed by atoms with Crippen LogP contribution in [0.1, 0.15) is 22.8 Å². The van der Waals surface area contributed by atoms with Gasteiger partial charge in [-0.1, -0.05) is 17.3 Å². The van der Waals surface area contributed by atoms with Gasteiger partial charge in [0.1, 0.15) is 23.0 Å². The molecule has 10 nitrogen and oxygen atoms in total. The van der Waals surface area contributed by atoms with E-state index in [0.29, 0.717) is 11.5 Å². The normalized spacial score (nSPS) is 11.4. The zero-order valence-corrected chi connectivity index (χ0v) is 17.3. The number of nitrogens with one attached hydrogen (secondary N) is 2. The summed E-state index contributed by atoms with van der Waals surface area (Å²) in [7, 11) is 0. The van der Waals surface area contributed by atoms with Crippen LogP contribution in [-0.2, 0) is 12.7 Å². The van der Waals surface area contributed by atoms with Crippen LogP contribution < -0.4 is 15.3 Å². The third-order valence-electron chi connectivity index (χ3n) is 4.50. The molecule has 0 aliphatic heterocycles. The van der Waals surface area contributed by atoms with Crippen molar-refractivity contribution >= 4 is 17.7 Å². The number of hydrogen-bond acceptors (Lipinski definition) is 7. The molecule has 4 aromatic heterocycles. The van der Waals surface area contributed by atoms with E-state index in [1.165, 1.54) is 16.9 Å². The Labute approximate surface area is 184 Å². The second-order valence-electron chi connectivity index (χ2n) is 6.99. The summed E-state index contributed by atoms with van der Waals surface area (Å²) in [6.45, 7) is 3.92. The van der Waals surface area contributed by atoms with Crippen molar-refractivity contribution in [3.8, 4) is 11.1 Å². The lowest BCUT2D eigenvalue weighted by molar-refractivity contribution is -0.755. The average molecular weight is 460 g/mol. The molecule has 0 aliphatic rings. The molecule has 0 saturated carbocycles. The Hall–Kier alpha value is -4.29. The van der Waals surface area contributed by atoms with Gasteiger partial charge < -0.3 is 4.52 Å². The summed E-state index contributed by atoms with van der Waals surface area (Å²) >= 11 is 0. The molecule has 170 valence electrons. The molecular formula is C20H17F3N7O3+. The SMILES string of the molecule is Cc1noc(C)c1-c1ccc(C[n+]2cc(NC(=O)Nc3cccc(C(F)(F)F)n3)on2)nc1. The van der Waals surface area contributed by atoms with E-state index in [0.717, 1.165) is 29.0 Å². The Kier molecular flexibility index (Phi) is 5.77. The van der Waals surface area contributed by atoms with Crippen LogP contribution >= 0.6 is 0 Å². The second-order valence-corrected chi connectivity index (χ2v) is 6.99. The van der Waals surface area contributed by atoms with Gasteiger partial charge >= 0.3 is 18.1 Å². The van der Waals surface area contributed by atoms with Crippen LogP contribution in [-0.4, -0.2) is 26.4 Å². The topological polar surface area (TPSA) is 123 Å². The fourth-order valence-electron chi connectivity index (χ4n) is 3.06. The third kappa shape index (κ3) is 5.14. The van der Waals surface area contributed by atoms with Gasteiger partial charge in [0.15, 0.2) is 0 Å². The van der Waals surface area contributed by atoms with Crippen LogP contribution in [0.5, 0.6) is 0 Å². The maximum absolute atomic E-state index is 12.7. The summed E-state index contributed by atoms with van der Waals surface area (Å²) in [5.74, 6) is 0.409. The highest BCUT2D eigenvalue weighted by molar-refractivity contribution is 5.98. The molecule has 0 unspecified atom stereocenters. The Morgan fingerprint density at radius 3 is 2.61 bits per heavy atom. The second kappa shape index (κ2) is 8.68. The van der Waals surface area contributed by atoms with Crippen LogP contribution in [0.2, 0.25) is 0 Å². The van der Waals surface area contributed by atoms with E-state index in [-0.39, 0.29) is 18.2 Å². The summed E-state index contributed by atoms with van der Waals surface area (Å²) < 4.78 is 49.8. The fraction of sp³-hybridized carbons (Fsp3) is 0.200. The van der Waals surface area contributed by atoms with E-state index in [9.17, 15) is 18.0 Å². The first-order chi connectivity index (χ1) is 15.7. The van der Waals surface area contributed by atoms with Crippen molar-refractivity contribution in [1.82, 2.24) is 20.4 Å². The number of urea groups is 1. The Balaban J connectivity index is 1.37. The molecule has 0 fully saturated rings. The zero-order chi connectivity index (χ0) is 23.6. The number of alkyl halides is 3. The quantitative estimate of drug-likeness (QED) is 0.435. The molecule has 4 heterocycles. The standard InChI is InChI=1S/C20H16F3N7O3/c1-11-18(12(2)32-28-11)13-6-7-14(24-8-13)9-30-10-17(33-29-30)27-19(31)26-16-5-3-4-15(25-16)20(21,22)23/h3-8,10H,9H2,1-2H3,(H-,25,26,27,29,31)/p+1. The predicted molar refractivity (Wildman–Crippen MR) is 107 cm³/mol. The predicted octanol–water partition coefficient (Wildman–Crippen LogP) is 3.74. The highest BCUT2D eigenvalue weighted by Crippen LogP contribution is 2.28. The zero-order valence-electron chi connectivity index (χ0n) is 17.3. The van der Waals surface area contributed by atoms with Crippen LogP contribution in [0, 0.1) is 13.8 Å². The fourth-order valence-corrected chi connectivity index (χ4v) is 3.06. The van der Waals surface area contributed by atoms with E-state index < -0.39 is 17.9 Å². The van der Waals surface area contributed by atoms with Gasteiger partial charge in [-0.3, -0.25) is 20.1 Å². The summed E-state index contributed by atoms with van der Waals surface area (Å²) in [6.07, 6.45) is -1.52. The monoisotopic (exact) mass is 460 g/mol. The van der Waals surface area contributed by atoms with Gasteiger partial charge in [0, 0.05) is 17.3 Å². The summed E-state index contributed by atoms with van der Waals surface area (Å²) in [5, 5.41) is 12.3. The van der Waals surface area contributed by atoms with Crippen molar-refractivity contribution in [1.29, 1.82) is 0 Å². The Morgan fingerprint density at radius 1 is 1.12 bits per heavy atom. The first-order valence-electron chi connectivity index (χ1n) is 9.56. The average Bonchev–Trinajstić information content (AvgIpc) is 3.33. The molecule has 4 aromatic rings. The smallest absolute Gasteiger partial charge is 0.361 e. The number of anilines is 2. The van der Waals surface area contributed by atoms with Crippen LogP contribution in [0.25, 0.3) is 11.1 Å². The van der Waals surface area contributed by atoms with Crippen molar-refractivity contribution < 1.29 is 31.7 Å². The Bertz CT molecular complexity index is 1260. The summed E-state index contributed by atoms with van der Waals surface area (Å²) in [4.78, 5) is 19.8. The van der Waals surface area contributed by atoms with Gasteiger partial charge in [0.25, 0.3) is 6.20 Å². The summed E-state index contributed by atoms with van der Waals surface area (Å²) in [5.41, 5.74) is 2.07. The van der Waals surface area contributed by atoms with E-state index in [4.69, 9.17) is 9.05 Å². The molecular weight excluding hydrogens is 443 g/mol. The van der Waals surface area contributed by atoms with Crippen LogP contribution in [0.15, 0.2) is 51.8 Å². The van der Waals surface area contributed by atoms with Crippen molar-refractivity contribution in [3.63, 3.8) is 0 Å². The van der Waals surface area contributed by atoms with Crippen LogP contribution in [0.4, 0.5) is 29.7 Å². The number of hydrogen-bond donors (Lipinski definition) is 2. The number of rotatable bonds is 5. The van der Waals surface area contributed by atoms with Gasteiger partial charge in [-0.25, -0.2) is 9.78 Å². The van der Waals surface area contributed by atoms with Crippen molar-refractivity contribution in [3.05, 3.63) is 65.6 Å². The molecule has 13 heteroatoms. The van der Waals surface area contributed by atoms with E-state index in [1.807, 2.05) is 26.0 Å². The van der Waals surface area contributed by atoms with Gasteiger partial charge in [-0.2, -0.15) is 13.2 Å². The molecule has 2 N–H and O–H groups in total. The van der Waals surface area contributed by atoms with Crippen molar-refractivity contribution in [2.24, 2.45) is 0 Å². The molecule has 0 aliphatic carbocycles. The minimum atomic E-state index is -4.62. The molecule has 33 heavy (non-hydrogen) atoms. The number of aromatic nitrogens is 5. The number of amides is 2. The number of nitrogens with zero attached hydrogens (tertiary/aromatic N) is 5. The lowest BCUT2D eigenvalue weighted by atomic mass is 10.1. The van der Waals surface area contributed by atoms with Crippen LogP contribution in [0.3, 0.4) is 0 Å². The van der Waals surface area contributed by atoms with E-state index in [2.05, 4.69) is 31.0 Å². The Morgan fingerprint density at radius 2 is 1.94 bits per heavy atom. The number of aryl methyl sites for hydroxylation is 2. The van der Waals surface area contributed by atoms with Gasteiger partial charge in [0.05, 0.1) is 5.69 Å². The number of carbonyl (C=O) groups is 1. The molecule has 0 atom stereocenters. The first-order valence-corrected chi connectivity index (χ1v) is 9.56. The lowest BCUT2D eigenvalue weighted by Gasteiger charge is -2.08. The van der Waals surface area contributed by atoms with E-state index in [1.54, 1.807) is 6.20 Å². The molecule has 0 spiro atoms. The number of halogens is 3. The first kappa shape index (κ1) is 21.9. The van der Waals surface area contributed by atoms with E-state index >= 15 is 0 Å². The van der Waals surface area contributed by atoms with Crippen molar-refractivity contribution in [2.75, 3.05) is 10.6 Å². The van der Waals surface area contributed by atoms with Crippen molar-refractivity contribution in [2.45, 2.75) is 26.6 Å². The minimum Gasteiger partial charge on any atom is -0.361 e. The molecule has 0 aromatic carbocycles. The number of carbonyl (C=O) groups excluding carboxylic acids is 1. The lowest BCUT2D eigenvalue weighted by Crippen LogP contribution is -2.35. The molecule has 0 bridgehead atoms. The van der Waals surface area contributed by atoms with Gasteiger partial charge in [-0.05, 0) is 36.7 Å². The summed E-state index contributed by atoms with van der Waals surface area (Å²) in [6, 6.07) is 6.02. The maximum Gasteiger partial charge on any atom is 0.433 e. The number of pyridine rings is 2. The molecule has 0 radical (unpaired) electrons. The molecule has 0 saturated heterocycles. The maximum atomic E-state index is 12.7. The van der Waals surface area contributed by atoms with Gasteiger partial charge in [0.2, 0.25) is 11.8 Å². The minimum absolute atomic E-state index is 0.0215. The highest BCUT2D eigenvalue weighted by atomic mass is 19.4.